The van der Waals surface area contributed by atoms with Crippen LogP contribution in [-0.4, -0.2) is 16.3 Å². The highest BCUT2D eigenvalue weighted by atomic mass is 17.1. The van der Waals surface area contributed by atoms with Crippen LogP contribution in [0.15, 0.2) is 36.1 Å². The van der Waals surface area contributed by atoms with Gasteiger partial charge in [-0.25, -0.2) is 10.1 Å². The Bertz CT molecular complexity index is 356. The van der Waals surface area contributed by atoms with Gasteiger partial charge in [-0.15, -0.1) is 0 Å². The topological polar surface area (TPSA) is 66.8 Å². The summed E-state index contributed by atoms with van der Waals surface area (Å²) in [6.07, 6.45) is 21.3. The van der Waals surface area contributed by atoms with Crippen LogP contribution in [-0.2, 0) is 9.68 Å². The molecule has 0 saturated carbocycles. The average Bonchev–Trinajstić information content (AvgIpc) is 2.51. The summed E-state index contributed by atoms with van der Waals surface area (Å²) in [7, 11) is 0. The van der Waals surface area contributed by atoms with Gasteiger partial charge in [0.05, 0.1) is 0 Å². The molecule has 2 N–H and O–H groups in total. The molecule has 0 unspecified atom stereocenters. The van der Waals surface area contributed by atoms with Crippen molar-refractivity contribution in [1.82, 2.24) is 0 Å². The van der Waals surface area contributed by atoms with Gasteiger partial charge in [0.2, 0.25) is 5.76 Å². The molecule has 0 atom stereocenters. The fraction of sp³-hybridized carbons (Fsp3) is 0.611. The van der Waals surface area contributed by atoms with Crippen molar-refractivity contribution in [2.24, 2.45) is 0 Å². The summed E-state index contributed by atoms with van der Waals surface area (Å²) in [4.78, 5) is 14.2. The Hall–Kier alpha value is -1.55. The molecular formula is C18H30O4. The van der Waals surface area contributed by atoms with Crippen LogP contribution in [0.2, 0.25) is 0 Å². The van der Waals surface area contributed by atoms with Gasteiger partial charge in [0.1, 0.15) is 0 Å². The van der Waals surface area contributed by atoms with Crippen molar-refractivity contribution in [3.63, 3.8) is 0 Å². The minimum Gasteiger partial charge on any atom is -0.475 e. The highest BCUT2D eigenvalue weighted by molar-refractivity contribution is 5.84. The quantitative estimate of drug-likeness (QED) is 0.111. The second-order valence-electron chi connectivity index (χ2n) is 5.36. The van der Waals surface area contributed by atoms with Gasteiger partial charge in [0, 0.05) is 0 Å². The van der Waals surface area contributed by atoms with E-state index in [9.17, 15) is 4.79 Å². The third kappa shape index (κ3) is 13.4. The van der Waals surface area contributed by atoms with E-state index in [1.54, 1.807) is 6.08 Å². The van der Waals surface area contributed by atoms with Gasteiger partial charge < -0.3 is 9.99 Å². The van der Waals surface area contributed by atoms with Crippen LogP contribution in [0.5, 0.6) is 0 Å². The van der Waals surface area contributed by atoms with E-state index in [1.165, 1.54) is 69.9 Å². The molecule has 4 heteroatoms. The summed E-state index contributed by atoms with van der Waals surface area (Å²) in [6, 6.07) is 0. The van der Waals surface area contributed by atoms with Crippen molar-refractivity contribution in [3.8, 4) is 0 Å². The molecule has 0 aromatic rings. The normalized spacial score (nSPS) is 12.4. The average molecular weight is 310 g/mol. The molecule has 0 aliphatic heterocycles. The number of rotatable bonds is 14. The fourth-order valence-corrected chi connectivity index (χ4v) is 2.10. The van der Waals surface area contributed by atoms with E-state index >= 15 is 0 Å². The summed E-state index contributed by atoms with van der Waals surface area (Å²) in [5, 5.41) is 16.9. The lowest BCUT2D eigenvalue weighted by Gasteiger charge is -2.00. The number of hydrogen-bond acceptors (Lipinski definition) is 3. The Morgan fingerprint density at radius 3 is 2.05 bits per heavy atom. The van der Waals surface area contributed by atoms with E-state index in [0.29, 0.717) is 0 Å². The first kappa shape index (κ1) is 20.5. The maximum atomic E-state index is 10.5. The first-order valence-electron chi connectivity index (χ1n) is 8.30. The Morgan fingerprint density at radius 1 is 0.909 bits per heavy atom. The summed E-state index contributed by atoms with van der Waals surface area (Å²) in [5.74, 6) is -1.80. The van der Waals surface area contributed by atoms with E-state index in [1.807, 2.05) is 6.08 Å². The molecule has 0 rings (SSSR count). The molecule has 0 amide bonds. The van der Waals surface area contributed by atoms with Crippen LogP contribution in [0, 0.1) is 0 Å². The van der Waals surface area contributed by atoms with Gasteiger partial charge in [0.15, 0.2) is 0 Å². The van der Waals surface area contributed by atoms with Crippen LogP contribution in [0.4, 0.5) is 0 Å². The highest BCUT2D eigenvalue weighted by Gasteiger charge is 2.05. The Labute approximate surface area is 134 Å². The minimum absolute atomic E-state index is 0.497. The van der Waals surface area contributed by atoms with Crippen LogP contribution < -0.4 is 0 Å². The Kier molecular flexibility index (Phi) is 14.7. The number of carboxylic acid groups (broad SMARTS) is 1. The fourth-order valence-electron chi connectivity index (χ4n) is 2.10. The SMILES string of the molecule is CCCCCCCCCCC/C=C/C=C/C=C(\OO)C(=O)O. The second-order valence-corrected chi connectivity index (χ2v) is 5.36. The van der Waals surface area contributed by atoms with Gasteiger partial charge in [-0.2, -0.15) is 0 Å². The van der Waals surface area contributed by atoms with Crippen LogP contribution in [0.25, 0.3) is 0 Å². The van der Waals surface area contributed by atoms with Crippen molar-refractivity contribution in [1.29, 1.82) is 0 Å². The molecule has 4 nitrogen and oxygen atoms in total. The smallest absolute Gasteiger partial charge is 0.375 e. The number of hydrogen-bond donors (Lipinski definition) is 2. The summed E-state index contributed by atoms with van der Waals surface area (Å²) >= 11 is 0. The zero-order valence-corrected chi connectivity index (χ0v) is 13.7. The van der Waals surface area contributed by atoms with Crippen molar-refractivity contribution in [3.05, 3.63) is 36.1 Å². The van der Waals surface area contributed by atoms with E-state index in [2.05, 4.69) is 17.9 Å². The van der Waals surface area contributed by atoms with Crippen molar-refractivity contribution < 1.29 is 20.0 Å². The molecular weight excluding hydrogens is 280 g/mol. The molecule has 0 saturated heterocycles. The van der Waals surface area contributed by atoms with Gasteiger partial charge in [0.25, 0.3) is 0 Å². The lowest BCUT2D eigenvalue weighted by atomic mass is 10.1. The zero-order chi connectivity index (χ0) is 16.5. The summed E-state index contributed by atoms with van der Waals surface area (Å²) < 4.78 is 0. The first-order chi connectivity index (χ1) is 10.7. The lowest BCUT2D eigenvalue weighted by molar-refractivity contribution is -0.210. The number of allylic oxidation sites excluding steroid dienone is 5. The number of aliphatic carboxylic acids is 1. The minimum atomic E-state index is -1.30. The molecule has 0 radical (unpaired) electrons. The predicted molar refractivity (Wildman–Crippen MR) is 89.6 cm³/mol. The van der Waals surface area contributed by atoms with Gasteiger partial charge >= 0.3 is 5.97 Å². The monoisotopic (exact) mass is 310 g/mol. The first-order valence-corrected chi connectivity index (χ1v) is 8.30. The lowest BCUT2D eigenvalue weighted by Crippen LogP contribution is -2.01. The maximum absolute atomic E-state index is 10.5. The maximum Gasteiger partial charge on any atom is 0.375 e. The third-order valence-electron chi connectivity index (χ3n) is 3.39. The van der Waals surface area contributed by atoms with Gasteiger partial charge in [-0.1, -0.05) is 82.6 Å². The van der Waals surface area contributed by atoms with Crippen LogP contribution in [0.1, 0.15) is 71.1 Å². The van der Waals surface area contributed by atoms with E-state index in [-0.39, 0.29) is 0 Å². The highest BCUT2D eigenvalue weighted by Crippen LogP contribution is 2.10. The molecule has 0 heterocycles. The van der Waals surface area contributed by atoms with Crippen molar-refractivity contribution in [2.75, 3.05) is 0 Å². The van der Waals surface area contributed by atoms with E-state index in [0.717, 1.165) is 6.42 Å². The molecule has 22 heavy (non-hydrogen) atoms. The molecule has 0 aromatic carbocycles. The predicted octanol–water partition coefficient (Wildman–Crippen LogP) is 5.48. The molecule has 0 bridgehead atoms. The molecule has 0 aromatic heterocycles. The molecule has 0 aliphatic carbocycles. The summed E-state index contributed by atoms with van der Waals surface area (Å²) in [5.41, 5.74) is 0. The van der Waals surface area contributed by atoms with Crippen LogP contribution in [0.3, 0.4) is 0 Å². The van der Waals surface area contributed by atoms with Gasteiger partial charge in [-0.3, -0.25) is 0 Å². The molecule has 0 spiro atoms. The number of unbranched alkanes of at least 4 members (excludes halogenated alkanes) is 9. The van der Waals surface area contributed by atoms with Crippen molar-refractivity contribution >= 4 is 5.97 Å². The Morgan fingerprint density at radius 2 is 1.50 bits per heavy atom. The number of carbonyl (C=O) groups is 1. The molecule has 0 fully saturated rings. The number of carboxylic acids is 1. The van der Waals surface area contributed by atoms with Crippen molar-refractivity contribution in [2.45, 2.75) is 71.1 Å². The van der Waals surface area contributed by atoms with Gasteiger partial charge in [-0.05, 0) is 18.9 Å². The second kappa shape index (κ2) is 15.8. The molecule has 0 aliphatic rings. The zero-order valence-electron chi connectivity index (χ0n) is 13.7. The van der Waals surface area contributed by atoms with Crippen LogP contribution >= 0.6 is 0 Å². The third-order valence-corrected chi connectivity index (χ3v) is 3.39. The van der Waals surface area contributed by atoms with E-state index < -0.39 is 11.7 Å². The standard InChI is InChI=1S/C18H30O4/c1-2-3-4-5-6-7-8-9-10-11-12-13-14-15-16-17(22-21)18(19)20/h12-16,21H,2-11H2,1H3,(H,19,20)/b13-12+,15-14+,17-16-. The van der Waals surface area contributed by atoms with E-state index in [4.69, 9.17) is 10.4 Å². The largest absolute Gasteiger partial charge is 0.475 e. The Balaban J connectivity index is 3.50. The molecule has 126 valence electrons. The summed E-state index contributed by atoms with van der Waals surface area (Å²) in [6.45, 7) is 2.24.